The Hall–Kier alpha value is -2.87. The van der Waals surface area contributed by atoms with Crippen molar-refractivity contribution in [1.29, 1.82) is 0 Å². The Morgan fingerprint density at radius 3 is 2.56 bits per heavy atom. The van der Waals surface area contributed by atoms with Crippen LogP contribution in [0.3, 0.4) is 0 Å². The van der Waals surface area contributed by atoms with Gasteiger partial charge in [0.25, 0.3) is 11.7 Å². The number of Topliss-reactive ketones (excluding diaryl/α,β-unsaturated/α-hetero) is 1. The molecule has 0 saturated carbocycles. The van der Waals surface area contributed by atoms with Crippen molar-refractivity contribution >= 4 is 17.4 Å². The SMILES string of the molecule is Cc1nn(C)c(C)c1/C(O)=C1\C(=O)C(=O)N(CCN(C)C)[C@H]1c1ccco1. The van der Waals surface area contributed by atoms with E-state index in [0.29, 0.717) is 35.8 Å². The molecule has 1 aliphatic rings. The monoisotopic (exact) mass is 372 g/mol. The average molecular weight is 372 g/mol. The van der Waals surface area contributed by atoms with Gasteiger partial charge in [-0.05, 0) is 40.1 Å². The second-order valence-electron chi connectivity index (χ2n) is 6.98. The summed E-state index contributed by atoms with van der Waals surface area (Å²) in [6, 6.07) is 2.64. The third-order valence-electron chi connectivity index (χ3n) is 4.89. The fourth-order valence-electron chi connectivity index (χ4n) is 3.41. The third-order valence-corrected chi connectivity index (χ3v) is 4.89. The second kappa shape index (κ2) is 7.03. The molecule has 144 valence electrons. The molecule has 0 bridgehead atoms. The van der Waals surface area contributed by atoms with Gasteiger partial charge in [0, 0.05) is 25.8 Å². The first-order chi connectivity index (χ1) is 12.7. The van der Waals surface area contributed by atoms with E-state index < -0.39 is 17.7 Å². The largest absolute Gasteiger partial charge is 0.507 e. The molecule has 1 fully saturated rings. The number of likely N-dealkylation sites (tertiary alicyclic amines) is 1. The molecule has 0 aliphatic carbocycles. The average Bonchev–Trinajstić information content (AvgIpc) is 3.26. The number of hydrogen-bond donors (Lipinski definition) is 1. The third kappa shape index (κ3) is 3.16. The first-order valence-corrected chi connectivity index (χ1v) is 8.71. The highest BCUT2D eigenvalue weighted by molar-refractivity contribution is 6.46. The Labute approximate surface area is 157 Å². The van der Waals surface area contributed by atoms with E-state index in [1.807, 2.05) is 19.0 Å². The van der Waals surface area contributed by atoms with Gasteiger partial charge in [-0.3, -0.25) is 14.3 Å². The normalized spacial score (nSPS) is 19.5. The van der Waals surface area contributed by atoms with E-state index in [0.717, 1.165) is 0 Å². The summed E-state index contributed by atoms with van der Waals surface area (Å²) < 4.78 is 7.14. The minimum atomic E-state index is -0.765. The summed E-state index contributed by atoms with van der Waals surface area (Å²) in [6.45, 7) is 4.48. The molecule has 0 aromatic carbocycles. The van der Waals surface area contributed by atoms with E-state index >= 15 is 0 Å². The molecule has 1 amide bonds. The number of ketones is 1. The van der Waals surface area contributed by atoms with Crippen LogP contribution in [0.5, 0.6) is 0 Å². The maximum absolute atomic E-state index is 12.8. The quantitative estimate of drug-likeness (QED) is 0.487. The molecule has 2 aromatic rings. The van der Waals surface area contributed by atoms with Gasteiger partial charge < -0.3 is 19.3 Å². The molecule has 0 radical (unpaired) electrons. The van der Waals surface area contributed by atoms with Gasteiger partial charge in [-0.2, -0.15) is 5.10 Å². The van der Waals surface area contributed by atoms with Crippen molar-refractivity contribution in [1.82, 2.24) is 19.6 Å². The van der Waals surface area contributed by atoms with Crippen LogP contribution in [0.25, 0.3) is 5.76 Å². The van der Waals surface area contributed by atoms with Crippen molar-refractivity contribution in [3.8, 4) is 0 Å². The summed E-state index contributed by atoms with van der Waals surface area (Å²) in [4.78, 5) is 28.9. The number of aromatic nitrogens is 2. The number of carbonyl (C=O) groups is 2. The lowest BCUT2D eigenvalue weighted by molar-refractivity contribution is -0.140. The number of hydrogen-bond acceptors (Lipinski definition) is 6. The smallest absolute Gasteiger partial charge is 0.295 e. The van der Waals surface area contributed by atoms with E-state index in [9.17, 15) is 14.7 Å². The Morgan fingerprint density at radius 1 is 1.33 bits per heavy atom. The topological polar surface area (TPSA) is 91.8 Å². The molecular weight excluding hydrogens is 348 g/mol. The van der Waals surface area contributed by atoms with Crippen molar-refractivity contribution < 1.29 is 19.1 Å². The first kappa shape index (κ1) is 18.9. The molecule has 1 aliphatic heterocycles. The van der Waals surface area contributed by atoms with Crippen molar-refractivity contribution in [3.63, 3.8) is 0 Å². The molecule has 1 N–H and O–H groups in total. The number of nitrogens with zero attached hydrogens (tertiary/aromatic N) is 4. The number of rotatable bonds is 5. The minimum absolute atomic E-state index is 0.0351. The van der Waals surface area contributed by atoms with Crippen molar-refractivity contribution in [2.75, 3.05) is 27.2 Å². The highest BCUT2D eigenvalue weighted by Crippen LogP contribution is 2.40. The predicted molar refractivity (Wildman–Crippen MR) is 99.0 cm³/mol. The van der Waals surface area contributed by atoms with Gasteiger partial charge in [0.15, 0.2) is 0 Å². The van der Waals surface area contributed by atoms with Crippen molar-refractivity contribution in [2.45, 2.75) is 19.9 Å². The highest BCUT2D eigenvalue weighted by atomic mass is 16.3. The maximum atomic E-state index is 12.8. The first-order valence-electron chi connectivity index (χ1n) is 8.71. The van der Waals surface area contributed by atoms with Crippen LogP contribution in [0.15, 0.2) is 28.4 Å². The molecule has 3 heterocycles. The number of furan rings is 1. The molecule has 0 spiro atoms. The maximum Gasteiger partial charge on any atom is 0.295 e. The van der Waals surface area contributed by atoms with Crippen LogP contribution in [0.1, 0.15) is 28.8 Å². The molecule has 2 aromatic heterocycles. The zero-order chi connectivity index (χ0) is 19.9. The fourth-order valence-corrected chi connectivity index (χ4v) is 3.41. The summed E-state index contributed by atoms with van der Waals surface area (Å²) in [5.41, 5.74) is 1.81. The highest BCUT2D eigenvalue weighted by Gasteiger charge is 2.47. The van der Waals surface area contributed by atoms with Gasteiger partial charge >= 0.3 is 0 Å². The van der Waals surface area contributed by atoms with E-state index in [1.54, 1.807) is 37.7 Å². The van der Waals surface area contributed by atoms with Crippen LogP contribution < -0.4 is 0 Å². The van der Waals surface area contributed by atoms with Gasteiger partial charge in [-0.1, -0.05) is 0 Å². The Balaban J connectivity index is 2.17. The van der Waals surface area contributed by atoms with Gasteiger partial charge in [0.2, 0.25) is 0 Å². The summed E-state index contributed by atoms with van der Waals surface area (Å²) >= 11 is 0. The van der Waals surface area contributed by atoms with E-state index in [-0.39, 0.29) is 11.3 Å². The zero-order valence-corrected chi connectivity index (χ0v) is 16.2. The van der Waals surface area contributed by atoms with Crippen LogP contribution in [-0.4, -0.2) is 63.6 Å². The lowest BCUT2D eigenvalue weighted by atomic mass is 9.98. The Morgan fingerprint density at radius 2 is 2.04 bits per heavy atom. The molecule has 8 nitrogen and oxygen atoms in total. The summed E-state index contributed by atoms with van der Waals surface area (Å²) in [7, 11) is 5.54. The van der Waals surface area contributed by atoms with Crippen molar-refractivity contribution in [3.05, 3.63) is 46.7 Å². The van der Waals surface area contributed by atoms with Crippen LogP contribution in [0, 0.1) is 13.8 Å². The van der Waals surface area contributed by atoms with Gasteiger partial charge in [-0.25, -0.2) is 0 Å². The van der Waals surface area contributed by atoms with Crippen molar-refractivity contribution in [2.24, 2.45) is 7.05 Å². The lowest BCUT2D eigenvalue weighted by Gasteiger charge is -2.24. The number of aliphatic hydroxyl groups is 1. The number of carbonyl (C=O) groups excluding carboxylic acids is 2. The summed E-state index contributed by atoms with van der Waals surface area (Å²) in [5.74, 6) is -1.13. The van der Waals surface area contributed by atoms with E-state index in [4.69, 9.17) is 4.42 Å². The number of aryl methyl sites for hydroxylation is 2. The van der Waals surface area contributed by atoms with Gasteiger partial charge in [0.05, 0.1) is 23.1 Å². The number of aliphatic hydroxyl groups excluding tert-OH is 1. The second-order valence-corrected chi connectivity index (χ2v) is 6.98. The number of likely N-dealkylation sites (N-methyl/N-ethyl adjacent to an activating group) is 1. The summed E-state index contributed by atoms with van der Waals surface area (Å²) in [5, 5.41) is 15.3. The van der Waals surface area contributed by atoms with Crippen LogP contribution in [0.2, 0.25) is 0 Å². The molecule has 1 atom stereocenters. The Bertz CT molecular complexity index is 909. The van der Waals surface area contributed by atoms with Gasteiger partial charge in [-0.15, -0.1) is 0 Å². The zero-order valence-electron chi connectivity index (χ0n) is 16.2. The van der Waals surface area contributed by atoms with Crippen LogP contribution >= 0.6 is 0 Å². The molecule has 3 rings (SSSR count). The Kier molecular flexibility index (Phi) is 4.93. The predicted octanol–water partition coefficient (Wildman–Crippen LogP) is 1.61. The van der Waals surface area contributed by atoms with Crippen LogP contribution in [-0.2, 0) is 16.6 Å². The molecular formula is C19H24N4O4. The van der Waals surface area contributed by atoms with E-state index in [2.05, 4.69) is 5.10 Å². The molecule has 0 unspecified atom stereocenters. The standard InChI is InChI=1S/C19H24N4O4/c1-11-14(12(2)22(5)20-11)17(24)15-16(13-7-6-10-27-13)23(9-8-21(3)4)19(26)18(15)25/h6-7,10,16,24H,8-9H2,1-5H3/b17-15+/t16-/m0/s1. The molecule has 1 saturated heterocycles. The van der Waals surface area contributed by atoms with Crippen LogP contribution in [0.4, 0.5) is 0 Å². The minimum Gasteiger partial charge on any atom is -0.507 e. The summed E-state index contributed by atoms with van der Waals surface area (Å²) in [6.07, 6.45) is 1.49. The van der Waals surface area contributed by atoms with Gasteiger partial charge in [0.1, 0.15) is 17.6 Å². The lowest BCUT2D eigenvalue weighted by Crippen LogP contribution is -2.35. The molecule has 27 heavy (non-hydrogen) atoms. The number of amides is 1. The fraction of sp³-hybridized carbons (Fsp3) is 0.421. The van der Waals surface area contributed by atoms with E-state index in [1.165, 1.54) is 11.2 Å². The molecule has 8 heteroatoms.